The first-order chi connectivity index (χ1) is 8.56. The van der Waals surface area contributed by atoms with Gasteiger partial charge in [0.15, 0.2) is 11.6 Å². The summed E-state index contributed by atoms with van der Waals surface area (Å²) < 4.78 is 41.5. The van der Waals surface area contributed by atoms with Crippen LogP contribution in [0.2, 0.25) is 0 Å². The lowest BCUT2D eigenvalue weighted by Gasteiger charge is -2.26. The summed E-state index contributed by atoms with van der Waals surface area (Å²) >= 11 is 0. The highest BCUT2D eigenvalue weighted by molar-refractivity contribution is 5.68. The van der Waals surface area contributed by atoms with Gasteiger partial charge in [0.2, 0.25) is 0 Å². The molecule has 3 N–H and O–H groups in total. The molecule has 18 heavy (non-hydrogen) atoms. The standard InChI is InChI=1S/C12H15F3N2O/c13-8-4-9(16)10(5-11(8)18-12(14)15)17-6-7-2-1-3-7/h4-5,7,12,17H,1-3,6,16H2. The molecule has 6 heteroatoms. The van der Waals surface area contributed by atoms with Gasteiger partial charge in [-0.25, -0.2) is 4.39 Å². The van der Waals surface area contributed by atoms with Crippen LogP contribution in [0, 0.1) is 11.7 Å². The van der Waals surface area contributed by atoms with Gasteiger partial charge in [-0.15, -0.1) is 0 Å². The summed E-state index contributed by atoms with van der Waals surface area (Å²) in [4.78, 5) is 0. The second-order valence-corrected chi connectivity index (χ2v) is 4.43. The number of nitrogen functional groups attached to an aromatic ring is 1. The Hall–Kier alpha value is -1.59. The van der Waals surface area contributed by atoms with Crippen LogP contribution in [-0.4, -0.2) is 13.2 Å². The highest BCUT2D eigenvalue weighted by Gasteiger charge is 2.18. The molecule has 0 heterocycles. The van der Waals surface area contributed by atoms with E-state index in [-0.39, 0.29) is 5.69 Å². The van der Waals surface area contributed by atoms with Crippen molar-refractivity contribution in [2.75, 3.05) is 17.6 Å². The van der Waals surface area contributed by atoms with Crippen LogP contribution in [0.15, 0.2) is 12.1 Å². The number of nitrogens with one attached hydrogen (secondary N) is 1. The van der Waals surface area contributed by atoms with E-state index in [1.165, 1.54) is 12.5 Å². The Balaban J connectivity index is 2.07. The van der Waals surface area contributed by atoms with Crippen LogP contribution in [0.25, 0.3) is 0 Å². The van der Waals surface area contributed by atoms with Gasteiger partial charge < -0.3 is 15.8 Å². The number of rotatable bonds is 5. The van der Waals surface area contributed by atoms with Crippen molar-refractivity contribution < 1.29 is 17.9 Å². The first-order valence-corrected chi connectivity index (χ1v) is 5.84. The Kier molecular flexibility index (Phi) is 3.84. The van der Waals surface area contributed by atoms with Crippen molar-refractivity contribution in [1.29, 1.82) is 0 Å². The molecule has 1 aromatic rings. The molecule has 1 aliphatic rings. The first-order valence-electron chi connectivity index (χ1n) is 5.84. The van der Waals surface area contributed by atoms with E-state index in [9.17, 15) is 13.2 Å². The number of hydrogen-bond donors (Lipinski definition) is 2. The third kappa shape index (κ3) is 3.00. The Bertz CT molecular complexity index is 422. The minimum absolute atomic E-state index is 0.188. The quantitative estimate of drug-likeness (QED) is 0.799. The van der Waals surface area contributed by atoms with Gasteiger partial charge in [0, 0.05) is 18.7 Å². The largest absolute Gasteiger partial charge is 0.432 e. The molecule has 0 saturated heterocycles. The van der Waals surface area contributed by atoms with Gasteiger partial charge >= 0.3 is 6.61 Å². The highest BCUT2D eigenvalue weighted by atomic mass is 19.3. The van der Waals surface area contributed by atoms with Crippen LogP contribution in [0.5, 0.6) is 5.75 Å². The topological polar surface area (TPSA) is 47.3 Å². The van der Waals surface area contributed by atoms with Gasteiger partial charge in [-0.3, -0.25) is 0 Å². The molecule has 0 radical (unpaired) electrons. The predicted molar refractivity (Wildman–Crippen MR) is 63.3 cm³/mol. The maximum Gasteiger partial charge on any atom is 0.387 e. The van der Waals surface area contributed by atoms with Crippen molar-refractivity contribution in [1.82, 2.24) is 0 Å². The second kappa shape index (κ2) is 5.37. The number of benzene rings is 1. The van der Waals surface area contributed by atoms with E-state index >= 15 is 0 Å². The van der Waals surface area contributed by atoms with Gasteiger partial charge in [-0.1, -0.05) is 6.42 Å². The van der Waals surface area contributed by atoms with Crippen LogP contribution in [-0.2, 0) is 0 Å². The van der Waals surface area contributed by atoms with Crippen LogP contribution < -0.4 is 15.8 Å². The molecule has 1 fully saturated rings. The van der Waals surface area contributed by atoms with E-state index in [4.69, 9.17) is 5.73 Å². The molecule has 1 saturated carbocycles. The first kappa shape index (κ1) is 12.9. The predicted octanol–water partition coefficient (Wildman–Crippen LogP) is 3.22. The number of ether oxygens (including phenoxy) is 1. The maximum absolute atomic E-state index is 13.3. The SMILES string of the molecule is Nc1cc(F)c(OC(F)F)cc1NCC1CCC1. The molecular formula is C12H15F3N2O. The zero-order chi connectivity index (χ0) is 13.1. The van der Waals surface area contributed by atoms with E-state index in [1.54, 1.807) is 0 Å². The van der Waals surface area contributed by atoms with Gasteiger partial charge in [0.1, 0.15) is 0 Å². The molecule has 0 bridgehead atoms. The van der Waals surface area contributed by atoms with Gasteiger partial charge in [0.25, 0.3) is 0 Å². The van der Waals surface area contributed by atoms with Gasteiger partial charge in [0.05, 0.1) is 11.4 Å². The zero-order valence-electron chi connectivity index (χ0n) is 9.76. The van der Waals surface area contributed by atoms with Crippen molar-refractivity contribution in [3.8, 4) is 5.75 Å². The number of anilines is 2. The smallest absolute Gasteiger partial charge is 0.387 e. The van der Waals surface area contributed by atoms with Crippen molar-refractivity contribution in [3.63, 3.8) is 0 Å². The minimum Gasteiger partial charge on any atom is -0.432 e. The molecule has 1 aromatic carbocycles. The van der Waals surface area contributed by atoms with Crippen molar-refractivity contribution in [2.45, 2.75) is 25.9 Å². The number of hydrogen-bond acceptors (Lipinski definition) is 3. The Labute approximate surface area is 103 Å². The Morgan fingerprint density at radius 3 is 2.67 bits per heavy atom. The van der Waals surface area contributed by atoms with Crippen LogP contribution >= 0.6 is 0 Å². The van der Waals surface area contributed by atoms with Crippen LogP contribution in [0.4, 0.5) is 24.5 Å². The normalized spacial score (nSPS) is 15.6. The van der Waals surface area contributed by atoms with Crippen LogP contribution in [0.3, 0.4) is 0 Å². The lowest BCUT2D eigenvalue weighted by molar-refractivity contribution is -0.0521. The van der Waals surface area contributed by atoms with E-state index in [0.29, 0.717) is 18.2 Å². The summed E-state index contributed by atoms with van der Waals surface area (Å²) in [5.41, 5.74) is 6.24. The molecular weight excluding hydrogens is 245 g/mol. The van der Waals surface area contributed by atoms with E-state index in [2.05, 4.69) is 10.1 Å². The van der Waals surface area contributed by atoms with Gasteiger partial charge in [-0.05, 0) is 18.8 Å². The summed E-state index contributed by atoms with van der Waals surface area (Å²) in [6.45, 7) is -2.34. The molecule has 0 amide bonds. The summed E-state index contributed by atoms with van der Waals surface area (Å²) in [7, 11) is 0. The highest BCUT2D eigenvalue weighted by Crippen LogP contribution is 2.31. The molecule has 0 aromatic heterocycles. The van der Waals surface area contributed by atoms with E-state index in [0.717, 1.165) is 18.9 Å². The minimum atomic E-state index is -3.05. The summed E-state index contributed by atoms with van der Waals surface area (Å²) in [5, 5.41) is 3.04. The monoisotopic (exact) mass is 260 g/mol. The molecule has 100 valence electrons. The lowest BCUT2D eigenvalue weighted by Crippen LogP contribution is -2.21. The molecule has 0 unspecified atom stereocenters. The molecule has 0 spiro atoms. The van der Waals surface area contributed by atoms with E-state index in [1.807, 2.05) is 0 Å². The zero-order valence-corrected chi connectivity index (χ0v) is 9.76. The maximum atomic E-state index is 13.3. The molecule has 3 nitrogen and oxygen atoms in total. The number of nitrogens with two attached hydrogens (primary N) is 1. The fraction of sp³-hybridized carbons (Fsp3) is 0.500. The van der Waals surface area contributed by atoms with Gasteiger partial charge in [-0.2, -0.15) is 8.78 Å². The Morgan fingerprint density at radius 2 is 2.11 bits per heavy atom. The lowest BCUT2D eigenvalue weighted by atomic mass is 9.85. The van der Waals surface area contributed by atoms with Crippen molar-refractivity contribution in [2.24, 2.45) is 5.92 Å². The fourth-order valence-electron chi connectivity index (χ4n) is 1.86. The number of halogens is 3. The average Bonchev–Trinajstić information content (AvgIpc) is 2.21. The fourth-order valence-corrected chi connectivity index (χ4v) is 1.86. The average molecular weight is 260 g/mol. The Morgan fingerprint density at radius 1 is 1.39 bits per heavy atom. The number of alkyl halides is 2. The van der Waals surface area contributed by atoms with E-state index < -0.39 is 18.2 Å². The summed E-state index contributed by atoms with van der Waals surface area (Å²) in [6.07, 6.45) is 3.51. The molecule has 1 aliphatic carbocycles. The third-order valence-electron chi connectivity index (χ3n) is 3.13. The van der Waals surface area contributed by atoms with Crippen molar-refractivity contribution in [3.05, 3.63) is 17.9 Å². The molecule has 2 rings (SSSR count). The van der Waals surface area contributed by atoms with Crippen LogP contribution in [0.1, 0.15) is 19.3 Å². The summed E-state index contributed by atoms with van der Waals surface area (Å²) in [5.74, 6) is -0.800. The third-order valence-corrected chi connectivity index (χ3v) is 3.13. The molecule has 0 atom stereocenters. The summed E-state index contributed by atoms with van der Waals surface area (Å²) in [6, 6.07) is 2.16. The second-order valence-electron chi connectivity index (χ2n) is 4.43. The van der Waals surface area contributed by atoms with Crippen molar-refractivity contribution >= 4 is 11.4 Å². The molecule has 0 aliphatic heterocycles.